The van der Waals surface area contributed by atoms with Gasteiger partial charge in [-0.15, -0.1) is 0 Å². The summed E-state index contributed by atoms with van der Waals surface area (Å²) in [6.45, 7) is 6.12. The number of fused-ring (bicyclic) bond motifs is 1. The minimum absolute atomic E-state index is 0.0196. The molecule has 0 unspecified atom stereocenters. The Morgan fingerprint density at radius 1 is 1.07 bits per heavy atom. The lowest BCUT2D eigenvalue weighted by atomic mass is 10.1. The van der Waals surface area contributed by atoms with E-state index in [-0.39, 0.29) is 18.2 Å². The van der Waals surface area contributed by atoms with Crippen molar-refractivity contribution < 1.29 is 19.1 Å². The van der Waals surface area contributed by atoms with Gasteiger partial charge in [0.05, 0.1) is 11.4 Å². The van der Waals surface area contributed by atoms with Crippen LogP contribution < -0.4 is 14.8 Å². The van der Waals surface area contributed by atoms with Gasteiger partial charge in [0.1, 0.15) is 13.2 Å². The van der Waals surface area contributed by atoms with Crippen molar-refractivity contribution in [1.29, 1.82) is 0 Å². The van der Waals surface area contributed by atoms with E-state index in [0.717, 1.165) is 5.56 Å². The molecule has 0 aliphatic carbocycles. The van der Waals surface area contributed by atoms with Gasteiger partial charge in [0.15, 0.2) is 11.5 Å². The van der Waals surface area contributed by atoms with Crippen LogP contribution in [0.2, 0.25) is 5.02 Å². The molecule has 0 saturated carbocycles. The van der Waals surface area contributed by atoms with Crippen molar-refractivity contribution in [3.63, 3.8) is 0 Å². The minimum Gasteiger partial charge on any atom is -0.486 e. The first-order valence-corrected chi connectivity index (χ1v) is 9.66. The Kier molecular flexibility index (Phi) is 6.41. The van der Waals surface area contributed by atoms with Crippen LogP contribution in [0.1, 0.15) is 29.8 Å². The fraction of sp³-hybridized carbons (Fsp3) is 0.333. The number of amides is 2. The van der Waals surface area contributed by atoms with E-state index in [1.807, 2.05) is 13.8 Å². The zero-order chi connectivity index (χ0) is 20.1. The maximum atomic E-state index is 12.4. The van der Waals surface area contributed by atoms with Crippen molar-refractivity contribution in [3.8, 4) is 11.5 Å². The molecule has 1 aliphatic rings. The van der Waals surface area contributed by atoms with E-state index >= 15 is 0 Å². The van der Waals surface area contributed by atoms with Gasteiger partial charge in [-0.25, -0.2) is 0 Å². The van der Waals surface area contributed by atoms with Crippen LogP contribution in [0.4, 0.5) is 5.69 Å². The number of anilines is 1. The topological polar surface area (TPSA) is 67.9 Å². The smallest absolute Gasteiger partial charge is 0.253 e. The maximum Gasteiger partial charge on any atom is 0.253 e. The molecule has 1 aliphatic heterocycles. The lowest BCUT2D eigenvalue weighted by Crippen LogP contribution is -2.30. The number of halogens is 1. The van der Waals surface area contributed by atoms with Gasteiger partial charge in [-0.2, -0.15) is 0 Å². The minimum atomic E-state index is -0.185. The van der Waals surface area contributed by atoms with E-state index in [9.17, 15) is 9.59 Å². The van der Waals surface area contributed by atoms with Crippen molar-refractivity contribution >= 4 is 29.1 Å². The lowest BCUT2D eigenvalue weighted by molar-refractivity contribution is -0.115. The Morgan fingerprint density at radius 3 is 2.43 bits per heavy atom. The summed E-state index contributed by atoms with van der Waals surface area (Å²) in [7, 11) is 0. The number of benzene rings is 2. The summed E-state index contributed by atoms with van der Waals surface area (Å²) in [6.07, 6.45) is 0.149. The molecule has 7 heteroatoms. The molecule has 1 N–H and O–H groups in total. The first kappa shape index (κ1) is 20.0. The van der Waals surface area contributed by atoms with Gasteiger partial charge >= 0.3 is 0 Å². The Hall–Kier alpha value is -2.73. The van der Waals surface area contributed by atoms with E-state index in [1.165, 1.54) is 0 Å². The molecular formula is C21H23ClN2O4. The van der Waals surface area contributed by atoms with Crippen molar-refractivity contribution in [1.82, 2.24) is 4.90 Å². The Morgan fingerprint density at radius 2 is 1.75 bits per heavy atom. The van der Waals surface area contributed by atoms with Crippen molar-refractivity contribution in [2.45, 2.75) is 20.3 Å². The van der Waals surface area contributed by atoms with Gasteiger partial charge in [0, 0.05) is 24.3 Å². The number of carbonyl (C=O) groups excluding carboxylic acids is 2. The molecule has 0 atom stereocenters. The van der Waals surface area contributed by atoms with Gasteiger partial charge in [0.2, 0.25) is 5.91 Å². The van der Waals surface area contributed by atoms with Crippen LogP contribution in [0, 0.1) is 0 Å². The largest absolute Gasteiger partial charge is 0.486 e. The summed E-state index contributed by atoms with van der Waals surface area (Å²) in [4.78, 5) is 26.5. The highest BCUT2D eigenvalue weighted by Gasteiger charge is 2.18. The summed E-state index contributed by atoms with van der Waals surface area (Å²) in [5.74, 6) is 0.871. The fourth-order valence-corrected chi connectivity index (χ4v) is 3.33. The Bertz CT molecular complexity index is 863. The molecule has 0 saturated heterocycles. The number of ether oxygens (including phenoxy) is 2. The Labute approximate surface area is 169 Å². The van der Waals surface area contributed by atoms with Crippen LogP contribution in [0.15, 0.2) is 36.4 Å². The molecule has 2 aromatic rings. The molecule has 0 spiro atoms. The van der Waals surface area contributed by atoms with Crippen molar-refractivity contribution in [3.05, 3.63) is 52.5 Å². The molecule has 0 radical (unpaired) electrons. The van der Waals surface area contributed by atoms with Gasteiger partial charge < -0.3 is 19.7 Å². The van der Waals surface area contributed by atoms with Crippen molar-refractivity contribution in [2.75, 3.05) is 31.6 Å². The summed E-state index contributed by atoms with van der Waals surface area (Å²) in [5.41, 5.74) is 1.96. The summed E-state index contributed by atoms with van der Waals surface area (Å²) in [6, 6.07) is 10.4. The third kappa shape index (κ3) is 4.57. The molecule has 0 fully saturated rings. The van der Waals surface area contributed by atoms with Crippen LogP contribution in [0.25, 0.3) is 0 Å². The van der Waals surface area contributed by atoms with Crippen LogP contribution in [0.3, 0.4) is 0 Å². The Balaban J connectivity index is 1.64. The standard InChI is InChI=1S/C21H23ClN2O4/c1-3-24(4-2)21(26)15-5-7-16(8-6-15)23-19(25)13-14-11-17(22)20-18(12-14)27-9-10-28-20/h5-8,11-12H,3-4,9-10,13H2,1-2H3,(H,23,25). The van der Waals surface area contributed by atoms with E-state index < -0.39 is 0 Å². The van der Waals surface area contributed by atoms with E-state index in [2.05, 4.69) is 5.32 Å². The second-order valence-electron chi connectivity index (χ2n) is 6.38. The number of hydrogen-bond donors (Lipinski definition) is 1. The third-order valence-electron chi connectivity index (χ3n) is 4.49. The number of rotatable bonds is 6. The van der Waals surface area contributed by atoms with E-state index in [1.54, 1.807) is 41.3 Å². The fourth-order valence-electron chi connectivity index (χ4n) is 3.05. The van der Waals surface area contributed by atoms with Crippen LogP contribution >= 0.6 is 11.6 Å². The van der Waals surface area contributed by atoms with E-state index in [4.69, 9.17) is 21.1 Å². The molecule has 6 nitrogen and oxygen atoms in total. The van der Waals surface area contributed by atoms with Crippen molar-refractivity contribution in [2.24, 2.45) is 0 Å². The molecule has 1 heterocycles. The maximum absolute atomic E-state index is 12.4. The number of nitrogens with one attached hydrogen (secondary N) is 1. The number of nitrogens with zero attached hydrogens (tertiary/aromatic N) is 1. The van der Waals surface area contributed by atoms with Crippen LogP contribution in [-0.2, 0) is 11.2 Å². The van der Waals surface area contributed by atoms with Gasteiger partial charge in [0.25, 0.3) is 5.91 Å². The van der Waals surface area contributed by atoms with Crippen LogP contribution in [-0.4, -0.2) is 43.0 Å². The second-order valence-corrected chi connectivity index (χ2v) is 6.79. The lowest BCUT2D eigenvalue weighted by Gasteiger charge is -2.20. The molecule has 28 heavy (non-hydrogen) atoms. The first-order valence-electron chi connectivity index (χ1n) is 9.29. The summed E-state index contributed by atoms with van der Waals surface area (Å²) >= 11 is 6.21. The molecule has 0 aromatic heterocycles. The average molecular weight is 403 g/mol. The molecule has 0 bridgehead atoms. The van der Waals surface area contributed by atoms with Gasteiger partial charge in [-0.3, -0.25) is 9.59 Å². The second kappa shape index (κ2) is 8.97. The van der Waals surface area contributed by atoms with Gasteiger partial charge in [-0.1, -0.05) is 11.6 Å². The predicted molar refractivity (Wildman–Crippen MR) is 108 cm³/mol. The zero-order valence-corrected chi connectivity index (χ0v) is 16.7. The molecule has 2 aromatic carbocycles. The monoisotopic (exact) mass is 402 g/mol. The number of hydrogen-bond acceptors (Lipinski definition) is 4. The summed E-state index contributed by atoms with van der Waals surface area (Å²) in [5, 5.41) is 3.26. The summed E-state index contributed by atoms with van der Waals surface area (Å²) < 4.78 is 11.0. The number of carbonyl (C=O) groups is 2. The highest BCUT2D eigenvalue weighted by molar-refractivity contribution is 6.32. The third-order valence-corrected chi connectivity index (χ3v) is 4.77. The normalized spacial score (nSPS) is 12.4. The predicted octanol–water partition coefficient (Wildman–Crippen LogP) is 3.77. The van der Waals surface area contributed by atoms with E-state index in [0.29, 0.717) is 54.1 Å². The first-order chi connectivity index (χ1) is 13.5. The molecule has 3 rings (SSSR count). The molecular weight excluding hydrogens is 380 g/mol. The average Bonchev–Trinajstić information content (AvgIpc) is 2.69. The molecule has 148 valence electrons. The molecule has 2 amide bonds. The quantitative estimate of drug-likeness (QED) is 0.798. The SMILES string of the molecule is CCN(CC)C(=O)c1ccc(NC(=O)Cc2cc(Cl)c3c(c2)OCCO3)cc1. The van der Waals surface area contributed by atoms with Crippen LogP contribution in [0.5, 0.6) is 11.5 Å². The highest BCUT2D eigenvalue weighted by Crippen LogP contribution is 2.38. The highest BCUT2D eigenvalue weighted by atomic mass is 35.5. The van der Waals surface area contributed by atoms with Gasteiger partial charge in [-0.05, 0) is 55.8 Å². The zero-order valence-electron chi connectivity index (χ0n) is 16.0.